The second-order valence-corrected chi connectivity index (χ2v) is 6.23. The van der Waals surface area contributed by atoms with Gasteiger partial charge in [0.05, 0.1) is 5.02 Å². The van der Waals surface area contributed by atoms with E-state index >= 15 is 0 Å². The topological polar surface area (TPSA) is 12.0 Å². The maximum absolute atomic E-state index is 14.1. The van der Waals surface area contributed by atoms with Crippen molar-refractivity contribution < 1.29 is 4.39 Å². The predicted octanol–water partition coefficient (Wildman–Crippen LogP) is 5.61. The number of rotatable bonds is 10. The van der Waals surface area contributed by atoms with Crippen molar-refractivity contribution in [3.05, 3.63) is 34.6 Å². The summed E-state index contributed by atoms with van der Waals surface area (Å²) in [6.45, 7) is 7.50. The van der Waals surface area contributed by atoms with Crippen LogP contribution >= 0.6 is 11.6 Å². The van der Waals surface area contributed by atoms with Crippen molar-refractivity contribution in [1.29, 1.82) is 0 Å². The molecule has 1 aromatic carbocycles. The zero-order valence-corrected chi connectivity index (χ0v) is 14.3. The third kappa shape index (κ3) is 6.36. The lowest BCUT2D eigenvalue weighted by molar-refractivity contribution is 0.348. The Hall–Kier alpha value is -0.600. The second-order valence-electron chi connectivity index (χ2n) is 5.82. The molecule has 0 aliphatic rings. The maximum atomic E-state index is 14.1. The lowest BCUT2D eigenvalue weighted by Crippen LogP contribution is -2.33. The maximum Gasteiger partial charge on any atom is 0.145 e. The van der Waals surface area contributed by atoms with Crippen molar-refractivity contribution in [3.8, 4) is 0 Å². The molecule has 1 aromatic rings. The Labute approximate surface area is 134 Å². The van der Waals surface area contributed by atoms with Gasteiger partial charge in [0.25, 0.3) is 0 Å². The third-order valence-electron chi connectivity index (χ3n) is 4.15. The first kappa shape index (κ1) is 18.4. The van der Waals surface area contributed by atoms with Crippen molar-refractivity contribution in [3.63, 3.8) is 0 Å². The summed E-state index contributed by atoms with van der Waals surface area (Å²) in [5.41, 5.74) is 0.721. The molecule has 0 fully saturated rings. The van der Waals surface area contributed by atoms with Gasteiger partial charge in [0.15, 0.2) is 0 Å². The molecule has 0 radical (unpaired) electrons. The Balaban J connectivity index is 2.69. The molecule has 1 rings (SSSR count). The van der Waals surface area contributed by atoms with Crippen LogP contribution in [-0.4, -0.2) is 12.6 Å². The second kappa shape index (κ2) is 10.2. The molecule has 3 heteroatoms. The minimum Gasteiger partial charge on any atom is -0.314 e. The van der Waals surface area contributed by atoms with Gasteiger partial charge in [-0.3, -0.25) is 0 Å². The van der Waals surface area contributed by atoms with Crippen molar-refractivity contribution in [2.24, 2.45) is 5.92 Å². The summed E-state index contributed by atoms with van der Waals surface area (Å²) in [4.78, 5) is 0. The SMILES string of the molecule is CCCCC(CC)CC(Cc1cccc(Cl)c1F)NCC. The fraction of sp³-hybridized carbons (Fsp3) is 0.667. The normalized spacial score (nSPS) is 14.1. The van der Waals surface area contributed by atoms with Crippen LogP contribution in [0.3, 0.4) is 0 Å². The molecular weight excluding hydrogens is 285 g/mol. The van der Waals surface area contributed by atoms with Gasteiger partial charge in [0.2, 0.25) is 0 Å². The Bertz CT molecular complexity index is 408. The summed E-state index contributed by atoms with van der Waals surface area (Å²) in [6.07, 6.45) is 6.81. The van der Waals surface area contributed by atoms with E-state index in [1.54, 1.807) is 6.07 Å². The first-order chi connectivity index (χ1) is 10.1. The highest BCUT2D eigenvalue weighted by molar-refractivity contribution is 6.30. The van der Waals surface area contributed by atoms with Crippen LogP contribution in [0, 0.1) is 11.7 Å². The number of hydrogen-bond donors (Lipinski definition) is 1. The number of unbranched alkanes of at least 4 members (excludes halogenated alkanes) is 1. The fourth-order valence-corrected chi connectivity index (χ4v) is 3.08. The number of nitrogens with one attached hydrogen (secondary N) is 1. The van der Waals surface area contributed by atoms with Crippen LogP contribution < -0.4 is 5.32 Å². The van der Waals surface area contributed by atoms with Crippen LogP contribution in [0.2, 0.25) is 5.02 Å². The molecule has 2 atom stereocenters. The van der Waals surface area contributed by atoms with Gasteiger partial charge in [-0.15, -0.1) is 0 Å². The molecule has 21 heavy (non-hydrogen) atoms. The van der Waals surface area contributed by atoms with Crippen molar-refractivity contribution in [2.45, 2.75) is 65.3 Å². The fourth-order valence-electron chi connectivity index (χ4n) is 2.88. The summed E-state index contributed by atoms with van der Waals surface area (Å²) >= 11 is 5.88. The average Bonchev–Trinajstić information content (AvgIpc) is 2.48. The van der Waals surface area contributed by atoms with E-state index < -0.39 is 0 Å². The highest BCUT2D eigenvalue weighted by Crippen LogP contribution is 2.23. The van der Waals surface area contributed by atoms with Gasteiger partial charge in [-0.1, -0.05) is 70.2 Å². The summed E-state index contributed by atoms with van der Waals surface area (Å²) in [5.74, 6) is 0.458. The van der Waals surface area contributed by atoms with Crippen LogP contribution in [0.4, 0.5) is 4.39 Å². The quantitative estimate of drug-likeness (QED) is 0.592. The zero-order valence-electron chi connectivity index (χ0n) is 13.6. The van der Waals surface area contributed by atoms with Gasteiger partial charge in [0.1, 0.15) is 5.82 Å². The summed E-state index contributed by atoms with van der Waals surface area (Å²) in [6, 6.07) is 5.61. The van der Waals surface area contributed by atoms with E-state index in [-0.39, 0.29) is 10.8 Å². The molecule has 0 spiro atoms. The number of likely N-dealkylation sites (N-methyl/N-ethyl adjacent to an activating group) is 1. The van der Waals surface area contributed by atoms with E-state index in [4.69, 9.17) is 11.6 Å². The minimum absolute atomic E-state index is 0.223. The molecule has 120 valence electrons. The van der Waals surface area contributed by atoms with Gasteiger partial charge in [0, 0.05) is 6.04 Å². The standard InChI is InChI=1S/C18H29ClFN/c1-4-7-9-14(5-2)12-16(21-6-3)13-15-10-8-11-17(19)18(15)20/h8,10-11,14,16,21H,4-7,9,12-13H2,1-3H3. The zero-order chi connectivity index (χ0) is 15.7. The van der Waals surface area contributed by atoms with Gasteiger partial charge in [-0.2, -0.15) is 0 Å². The largest absolute Gasteiger partial charge is 0.314 e. The van der Waals surface area contributed by atoms with E-state index in [0.717, 1.165) is 24.4 Å². The smallest absolute Gasteiger partial charge is 0.145 e. The van der Waals surface area contributed by atoms with Crippen LogP contribution in [0.15, 0.2) is 18.2 Å². The van der Waals surface area contributed by atoms with E-state index in [1.807, 2.05) is 12.1 Å². The highest BCUT2D eigenvalue weighted by Gasteiger charge is 2.17. The lowest BCUT2D eigenvalue weighted by Gasteiger charge is -2.24. The van der Waals surface area contributed by atoms with Crippen molar-refractivity contribution in [1.82, 2.24) is 5.32 Å². The average molecular weight is 314 g/mol. The van der Waals surface area contributed by atoms with Crippen LogP contribution in [0.5, 0.6) is 0 Å². The summed E-state index contributed by atoms with van der Waals surface area (Å²) in [5, 5.41) is 3.73. The van der Waals surface area contributed by atoms with Gasteiger partial charge < -0.3 is 5.32 Å². The Morgan fingerprint density at radius 1 is 1.24 bits per heavy atom. The Morgan fingerprint density at radius 3 is 2.62 bits per heavy atom. The molecule has 0 aromatic heterocycles. The third-order valence-corrected chi connectivity index (χ3v) is 4.44. The van der Waals surface area contributed by atoms with E-state index in [9.17, 15) is 4.39 Å². The molecular formula is C18H29ClFN. The van der Waals surface area contributed by atoms with Crippen LogP contribution in [0.1, 0.15) is 58.4 Å². The van der Waals surface area contributed by atoms with Gasteiger partial charge in [-0.05, 0) is 36.9 Å². The number of hydrogen-bond acceptors (Lipinski definition) is 1. The first-order valence-corrected chi connectivity index (χ1v) is 8.66. The van der Waals surface area contributed by atoms with E-state index in [1.165, 1.54) is 25.7 Å². The molecule has 0 aliphatic heterocycles. The molecule has 0 heterocycles. The number of benzene rings is 1. The van der Waals surface area contributed by atoms with Gasteiger partial charge >= 0.3 is 0 Å². The van der Waals surface area contributed by atoms with Gasteiger partial charge in [-0.25, -0.2) is 4.39 Å². The molecule has 0 aliphatic carbocycles. The molecule has 0 amide bonds. The lowest BCUT2D eigenvalue weighted by atomic mass is 9.89. The molecule has 0 bridgehead atoms. The van der Waals surface area contributed by atoms with Crippen LogP contribution in [-0.2, 0) is 6.42 Å². The van der Waals surface area contributed by atoms with E-state index in [2.05, 4.69) is 26.1 Å². The summed E-state index contributed by atoms with van der Waals surface area (Å²) in [7, 11) is 0. The molecule has 1 nitrogen and oxygen atoms in total. The minimum atomic E-state index is -0.260. The van der Waals surface area contributed by atoms with Crippen molar-refractivity contribution >= 4 is 11.6 Å². The first-order valence-electron chi connectivity index (χ1n) is 8.28. The predicted molar refractivity (Wildman–Crippen MR) is 90.5 cm³/mol. The Kier molecular flexibility index (Phi) is 8.94. The molecule has 1 N–H and O–H groups in total. The molecule has 2 unspecified atom stereocenters. The summed E-state index contributed by atoms with van der Waals surface area (Å²) < 4.78 is 14.1. The van der Waals surface area contributed by atoms with Crippen LogP contribution in [0.25, 0.3) is 0 Å². The number of halogens is 2. The Morgan fingerprint density at radius 2 is 2.00 bits per heavy atom. The van der Waals surface area contributed by atoms with E-state index in [0.29, 0.717) is 12.5 Å². The molecule has 0 saturated carbocycles. The molecule has 0 saturated heterocycles. The monoisotopic (exact) mass is 313 g/mol. The highest BCUT2D eigenvalue weighted by atomic mass is 35.5. The van der Waals surface area contributed by atoms with Crippen molar-refractivity contribution in [2.75, 3.05) is 6.54 Å².